The first kappa shape index (κ1) is 15.2. The Labute approximate surface area is 115 Å². The Kier molecular flexibility index (Phi) is 6.07. The lowest BCUT2D eigenvalue weighted by molar-refractivity contribution is 0.468. The summed E-state index contributed by atoms with van der Waals surface area (Å²) in [5.74, 6) is 0. The highest BCUT2D eigenvalue weighted by Gasteiger charge is 2.03. The number of hydrogen-bond donors (Lipinski definition) is 0. The fourth-order valence-corrected chi connectivity index (χ4v) is 1.93. The van der Waals surface area contributed by atoms with Crippen LogP contribution in [0.1, 0.15) is 11.1 Å². The predicted molar refractivity (Wildman–Crippen MR) is 82.6 cm³/mol. The predicted octanol–water partition coefficient (Wildman–Crippen LogP) is 4.38. The minimum absolute atomic E-state index is 0.687. The van der Waals surface area contributed by atoms with Crippen molar-refractivity contribution in [2.24, 2.45) is 0 Å². The molecule has 0 aliphatic heterocycles. The summed E-state index contributed by atoms with van der Waals surface area (Å²) in [4.78, 5) is 2.11. The molecule has 0 heterocycles. The number of aryl methyl sites for hydroxylation is 2. The number of benzene rings is 1. The number of halogens is 1. The highest BCUT2D eigenvalue weighted by molar-refractivity contribution is 5.54. The van der Waals surface area contributed by atoms with Crippen molar-refractivity contribution >= 4 is 5.69 Å². The molecule has 0 saturated carbocycles. The number of anilines is 1. The first-order valence-electron chi connectivity index (χ1n) is 6.43. The van der Waals surface area contributed by atoms with Crippen LogP contribution in [0.15, 0.2) is 55.2 Å². The summed E-state index contributed by atoms with van der Waals surface area (Å²) < 4.78 is 13.3. The molecule has 1 aromatic carbocycles. The lowest BCUT2D eigenvalue weighted by atomic mass is 10.1. The van der Waals surface area contributed by atoms with Crippen molar-refractivity contribution in [3.05, 3.63) is 66.3 Å². The van der Waals surface area contributed by atoms with Crippen molar-refractivity contribution < 1.29 is 4.39 Å². The normalized spacial score (nSPS) is 13.1. The van der Waals surface area contributed by atoms with Gasteiger partial charge in [-0.05, 0) is 37.6 Å². The van der Waals surface area contributed by atoms with Gasteiger partial charge in [0.2, 0.25) is 0 Å². The Morgan fingerprint density at radius 3 is 2.68 bits per heavy atom. The van der Waals surface area contributed by atoms with Gasteiger partial charge in [0, 0.05) is 19.3 Å². The van der Waals surface area contributed by atoms with Crippen LogP contribution in [0.4, 0.5) is 10.1 Å². The zero-order valence-electron chi connectivity index (χ0n) is 11.9. The average Bonchev–Trinajstić information content (AvgIpc) is 2.36. The van der Waals surface area contributed by atoms with Gasteiger partial charge in [-0.15, -0.1) is 0 Å². The summed E-state index contributed by atoms with van der Waals surface area (Å²) in [6.45, 7) is 8.37. The summed E-state index contributed by atoms with van der Waals surface area (Å²) in [5.41, 5.74) is 3.66. The molecule has 102 valence electrons. The number of alkyl halides is 1. The third-order valence-corrected chi connectivity index (χ3v) is 2.89. The quantitative estimate of drug-likeness (QED) is 0.541. The number of likely N-dealkylation sites (N-methyl/N-ethyl adjacent to an activating group) is 1. The van der Waals surface area contributed by atoms with Gasteiger partial charge >= 0.3 is 0 Å². The van der Waals surface area contributed by atoms with Crippen LogP contribution >= 0.6 is 0 Å². The fourth-order valence-electron chi connectivity index (χ4n) is 1.93. The molecule has 1 nitrogen and oxygen atoms in total. The second kappa shape index (κ2) is 7.57. The molecule has 0 N–H and O–H groups in total. The number of hydrogen-bond acceptors (Lipinski definition) is 1. The van der Waals surface area contributed by atoms with E-state index >= 15 is 0 Å². The van der Waals surface area contributed by atoms with Gasteiger partial charge in [-0.1, -0.05) is 42.5 Å². The second-order valence-electron chi connectivity index (χ2n) is 4.66. The van der Waals surface area contributed by atoms with Crippen molar-refractivity contribution in [1.29, 1.82) is 0 Å². The molecule has 0 spiro atoms. The number of nitrogens with zero attached hydrogens (tertiary/aromatic N) is 1. The monoisotopic (exact) mass is 259 g/mol. The number of allylic oxidation sites excluding steroid dienone is 4. The summed E-state index contributed by atoms with van der Waals surface area (Å²) in [5, 5.41) is 0. The minimum atomic E-state index is -1.05. The van der Waals surface area contributed by atoms with E-state index in [0.29, 0.717) is 6.54 Å². The van der Waals surface area contributed by atoms with Crippen LogP contribution in [0.3, 0.4) is 0 Å². The Hall–Kier alpha value is -1.83. The zero-order valence-corrected chi connectivity index (χ0v) is 11.9. The second-order valence-corrected chi connectivity index (χ2v) is 4.66. The van der Waals surface area contributed by atoms with Crippen molar-refractivity contribution in [2.45, 2.75) is 20.0 Å². The lowest BCUT2D eigenvalue weighted by Gasteiger charge is -2.20. The van der Waals surface area contributed by atoms with Gasteiger partial charge in [0.1, 0.15) is 6.17 Å². The van der Waals surface area contributed by atoms with E-state index in [9.17, 15) is 4.39 Å². The fraction of sp³-hybridized carbons (Fsp3) is 0.294. The van der Waals surface area contributed by atoms with Gasteiger partial charge in [0.05, 0.1) is 0 Å². The summed E-state index contributed by atoms with van der Waals surface area (Å²) in [6, 6.07) is 6.34. The zero-order chi connectivity index (χ0) is 14.3. The van der Waals surface area contributed by atoms with Gasteiger partial charge in [0.15, 0.2) is 0 Å². The standard InChI is InChI=1S/C17H22FN/c1-5-6-8-16(18)9-7-12-19(4)17-11-10-14(2)13-15(17)3/h5-11,13,16H,1,12H2,2-4H3/b8-6?,9-7+. The molecule has 19 heavy (non-hydrogen) atoms. The molecule has 0 fully saturated rings. The van der Waals surface area contributed by atoms with E-state index < -0.39 is 6.17 Å². The van der Waals surface area contributed by atoms with Crippen LogP contribution in [0, 0.1) is 13.8 Å². The summed E-state index contributed by atoms with van der Waals surface area (Å²) >= 11 is 0. The van der Waals surface area contributed by atoms with Crippen molar-refractivity contribution in [3.8, 4) is 0 Å². The van der Waals surface area contributed by atoms with E-state index in [1.165, 1.54) is 22.9 Å². The Morgan fingerprint density at radius 2 is 2.05 bits per heavy atom. The molecule has 2 heteroatoms. The van der Waals surface area contributed by atoms with Gasteiger partial charge in [-0.25, -0.2) is 4.39 Å². The maximum atomic E-state index is 13.3. The van der Waals surface area contributed by atoms with Gasteiger partial charge in [-0.3, -0.25) is 0 Å². The van der Waals surface area contributed by atoms with Crippen molar-refractivity contribution in [2.75, 3.05) is 18.5 Å². The van der Waals surface area contributed by atoms with E-state index in [1.54, 1.807) is 18.2 Å². The average molecular weight is 259 g/mol. The van der Waals surface area contributed by atoms with Gasteiger partial charge < -0.3 is 4.90 Å². The van der Waals surface area contributed by atoms with Crippen LogP contribution in [-0.2, 0) is 0 Å². The molecule has 1 unspecified atom stereocenters. The topological polar surface area (TPSA) is 3.24 Å². The molecular weight excluding hydrogens is 237 g/mol. The highest BCUT2D eigenvalue weighted by atomic mass is 19.1. The first-order chi connectivity index (χ1) is 9.04. The van der Waals surface area contributed by atoms with Crippen molar-refractivity contribution in [1.82, 2.24) is 0 Å². The third kappa shape index (κ3) is 5.12. The molecule has 1 rings (SSSR count). The highest BCUT2D eigenvalue weighted by Crippen LogP contribution is 2.19. The van der Waals surface area contributed by atoms with Crippen LogP contribution in [0.25, 0.3) is 0 Å². The molecule has 0 bridgehead atoms. The summed E-state index contributed by atoms with van der Waals surface area (Å²) in [7, 11) is 2.01. The minimum Gasteiger partial charge on any atom is -0.371 e. The Bertz CT molecular complexity index is 474. The van der Waals surface area contributed by atoms with E-state index in [2.05, 4.69) is 43.5 Å². The van der Waals surface area contributed by atoms with E-state index in [4.69, 9.17) is 0 Å². The molecule has 0 aliphatic rings. The Balaban J connectivity index is 2.60. The lowest BCUT2D eigenvalue weighted by Crippen LogP contribution is -2.18. The molecule has 0 saturated heterocycles. The third-order valence-electron chi connectivity index (χ3n) is 2.89. The molecule has 1 atom stereocenters. The maximum Gasteiger partial charge on any atom is 0.137 e. The molecule has 1 aromatic rings. The first-order valence-corrected chi connectivity index (χ1v) is 6.43. The molecule has 0 radical (unpaired) electrons. The molecule has 0 aliphatic carbocycles. The molecule has 0 aromatic heterocycles. The van der Waals surface area contributed by atoms with Gasteiger partial charge in [-0.2, -0.15) is 0 Å². The van der Waals surface area contributed by atoms with Crippen LogP contribution < -0.4 is 4.90 Å². The van der Waals surface area contributed by atoms with Crippen LogP contribution in [0.2, 0.25) is 0 Å². The van der Waals surface area contributed by atoms with E-state index in [1.807, 2.05) is 13.1 Å². The summed E-state index contributed by atoms with van der Waals surface area (Å²) in [6.07, 6.45) is 7.01. The van der Waals surface area contributed by atoms with Crippen molar-refractivity contribution in [3.63, 3.8) is 0 Å². The van der Waals surface area contributed by atoms with E-state index in [-0.39, 0.29) is 0 Å². The van der Waals surface area contributed by atoms with Gasteiger partial charge in [0.25, 0.3) is 0 Å². The smallest absolute Gasteiger partial charge is 0.137 e. The van der Waals surface area contributed by atoms with Crippen LogP contribution in [-0.4, -0.2) is 19.8 Å². The SMILES string of the molecule is C=CC=CC(F)/C=C/CN(C)c1ccc(C)cc1C. The number of rotatable bonds is 6. The van der Waals surface area contributed by atoms with E-state index in [0.717, 1.165) is 0 Å². The Morgan fingerprint density at radius 1 is 1.32 bits per heavy atom. The van der Waals surface area contributed by atoms with Crippen LogP contribution in [0.5, 0.6) is 0 Å². The maximum absolute atomic E-state index is 13.3. The largest absolute Gasteiger partial charge is 0.371 e. The molecular formula is C17H22FN. The molecule has 0 amide bonds.